The molecule has 0 fully saturated rings. The van der Waals surface area contributed by atoms with E-state index in [-0.39, 0.29) is 0 Å². The van der Waals surface area contributed by atoms with Gasteiger partial charge in [0, 0.05) is 5.69 Å². The van der Waals surface area contributed by atoms with E-state index >= 15 is 0 Å². The van der Waals surface area contributed by atoms with Gasteiger partial charge in [-0.3, -0.25) is 14.8 Å². The van der Waals surface area contributed by atoms with E-state index in [9.17, 15) is 9.59 Å². The number of unbranched alkanes of at least 4 members (excludes halogenated alkanes) is 2. The maximum atomic E-state index is 12.0. The zero-order valence-electron chi connectivity index (χ0n) is 11.1. The van der Waals surface area contributed by atoms with Crippen LogP contribution in [0.3, 0.4) is 0 Å². The lowest BCUT2D eigenvalue weighted by Crippen LogP contribution is -2.36. The molecule has 5 nitrogen and oxygen atoms in total. The lowest BCUT2D eigenvalue weighted by molar-refractivity contribution is -0.139. The Kier molecular flexibility index (Phi) is 6.60. The van der Waals surface area contributed by atoms with Crippen LogP contribution in [0.4, 0.5) is 5.69 Å². The van der Waals surface area contributed by atoms with Gasteiger partial charge in [0.25, 0.3) is 5.91 Å². The fraction of sp³-hybridized carbons (Fsp3) is 0.429. The minimum absolute atomic E-state index is 0.395. The number of para-hydroxylation sites is 1. The van der Waals surface area contributed by atoms with E-state index in [0.29, 0.717) is 12.1 Å². The van der Waals surface area contributed by atoms with Crippen molar-refractivity contribution in [1.29, 1.82) is 0 Å². The number of carbonyl (C=O) groups is 2. The van der Waals surface area contributed by atoms with E-state index in [1.807, 2.05) is 13.0 Å². The molecule has 1 aromatic carbocycles. The Morgan fingerprint density at radius 1 is 1.16 bits per heavy atom. The van der Waals surface area contributed by atoms with E-state index in [2.05, 4.69) is 5.32 Å². The van der Waals surface area contributed by atoms with Crippen molar-refractivity contribution in [3.05, 3.63) is 30.3 Å². The van der Waals surface area contributed by atoms with Crippen LogP contribution >= 0.6 is 0 Å². The number of nitrogens with one attached hydrogen (secondary N) is 2. The zero-order valence-corrected chi connectivity index (χ0v) is 11.1. The molecule has 3 N–H and O–H groups in total. The van der Waals surface area contributed by atoms with Crippen molar-refractivity contribution in [3.8, 4) is 0 Å². The van der Waals surface area contributed by atoms with Crippen LogP contribution in [0.5, 0.6) is 0 Å². The number of hydroxylamine groups is 1. The molecule has 5 heteroatoms. The van der Waals surface area contributed by atoms with E-state index in [4.69, 9.17) is 5.21 Å². The molecule has 0 saturated heterocycles. The second-order valence-electron chi connectivity index (χ2n) is 4.38. The molecular formula is C14H20N2O3. The topological polar surface area (TPSA) is 78.4 Å². The van der Waals surface area contributed by atoms with Crippen molar-refractivity contribution in [2.75, 3.05) is 5.32 Å². The van der Waals surface area contributed by atoms with Crippen molar-refractivity contribution in [2.45, 2.75) is 32.6 Å². The minimum Gasteiger partial charge on any atom is -0.325 e. The number of hydrogen-bond donors (Lipinski definition) is 3. The molecule has 0 bridgehead atoms. The number of carbonyl (C=O) groups excluding carboxylic acids is 2. The van der Waals surface area contributed by atoms with Crippen LogP contribution in [-0.4, -0.2) is 17.0 Å². The Morgan fingerprint density at radius 2 is 1.84 bits per heavy atom. The highest BCUT2D eigenvalue weighted by Crippen LogP contribution is 2.14. The summed E-state index contributed by atoms with van der Waals surface area (Å²) >= 11 is 0. The van der Waals surface area contributed by atoms with Crippen molar-refractivity contribution in [3.63, 3.8) is 0 Å². The van der Waals surface area contributed by atoms with Gasteiger partial charge in [-0.1, -0.05) is 44.4 Å². The highest BCUT2D eigenvalue weighted by molar-refractivity contribution is 6.06. The first-order valence-electron chi connectivity index (χ1n) is 6.49. The number of hydrogen-bond acceptors (Lipinski definition) is 3. The van der Waals surface area contributed by atoms with E-state index in [0.717, 1.165) is 19.3 Å². The Labute approximate surface area is 113 Å². The summed E-state index contributed by atoms with van der Waals surface area (Å²) < 4.78 is 0. The molecule has 1 aromatic rings. The molecule has 0 aromatic heterocycles. The van der Waals surface area contributed by atoms with Gasteiger partial charge in [0.1, 0.15) is 5.92 Å². The lowest BCUT2D eigenvalue weighted by Gasteiger charge is -2.14. The summed E-state index contributed by atoms with van der Waals surface area (Å²) in [5.41, 5.74) is 2.20. The van der Waals surface area contributed by atoms with Gasteiger partial charge >= 0.3 is 0 Å². The highest BCUT2D eigenvalue weighted by Gasteiger charge is 2.25. The number of amides is 2. The molecule has 0 aliphatic heterocycles. The second-order valence-corrected chi connectivity index (χ2v) is 4.38. The largest absolute Gasteiger partial charge is 0.325 e. The summed E-state index contributed by atoms with van der Waals surface area (Å²) in [6.45, 7) is 2.05. The molecule has 0 aliphatic carbocycles. The second kappa shape index (κ2) is 8.26. The SMILES string of the molecule is CCCCCC(C(=O)NO)C(=O)Nc1ccccc1. The minimum atomic E-state index is -0.864. The summed E-state index contributed by atoms with van der Waals surface area (Å²) in [5.74, 6) is -1.92. The van der Waals surface area contributed by atoms with Crippen LogP contribution in [-0.2, 0) is 9.59 Å². The molecule has 0 saturated carbocycles. The lowest BCUT2D eigenvalue weighted by atomic mass is 9.99. The van der Waals surface area contributed by atoms with Crippen molar-refractivity contribution in [1.82, 2.24) is 5.48 Å². The molecule has 0 radical (unpaired) electrons. The van der Waals surface area contributed by atoms with Crippen LogP contribution in [0, 0.1) is 5.92 Å². The van der Waals surface area contributed by atoms with E-state index in [1.165, 1.54) is 0 Å². The van der Waals surface area contributed by atoms with Crippen LogP contribution < -0.4 is 10.8 Å². The molecule has 0 spiro atoms. The summed E-state index contributed by atoms with van der Waals surface area (Å²) in [7, 11) is 0. The smallest absolute Gasteiger partial charge is 0.255 e. The molecule has 1 rings (SSSR count). The van der Waals surface area contributed by atoms with E-state index in [1.54, 1.807) is 29.7 Å². The molecule has 1 atom stereocenters. The summed E-state index contributed by atoms with van der Waals surface area (Å²) in [5, 5.41) is 11.4. The van der Waals surface area contributed by atoms with Gasteiger partial charge in [0.2, 0.25) is 5.91 Å². The summed E-state index contributed by atoms with van der Waals surface area (Å²) in [6.07, 6.45) is 3.16. The Hall–Kier alpha value is -1.88. The number of benzene rings is 1. The first-order valence-corrected chi connectivity index (χ1v) is 6.49. The number of anilines is 1. The van der Waals surface area contributed by atoms with Crippen LogP contribution in [0.15, 0.2) is 30.3 Å². The van der Waals surface area contributed by atoms with Gasteiger partial charge in [-0.15, -0.1) is 0 Å². The molecule has 1 unspecified atom stereocenters. The third-order valence-electron chi connectivity index (χ3n) is 2.88. The average Bonchev–Trinajstić information content (AvgIpc) is 2.44. The summed E-state index contributed by atoms with van der Waals surface area (Å²) in [6, 6.07) is 8.94. The maximum absolute atomic E-state index is 12.0. The molecular weight excluding hydrogens is 244 g/mol. The first-order chi connectivity index (χ1) is 9.19. The third-order valence-corrected chi connectivity index (χ3v) is 2.88. The van der Waals surface area contributed by atoms with Gasteiger partial charge in [-0.2, -0.15) is 0 Å². The standard InChI is InChI=1S/C14H20N2O3/c1-2-3-5-10-12(14(18)16-19)13(17)15-11-8-6-4-7-9-11/h4,6-9,12,19H,2-3,5,10H2,1H3,(H,15,17)(H,16,18). The predicted molar refractivity (Wildman–Crippen MR) is 72.6 cm³/mol. The van der Waals surface area contributed by atoms with Crippen molar-refractivity contribution < 1.29 is 14.8 Å². The summed E-state index contributed by atoms with van der Waals surface area (Å²) in [4.78, 5) is 23.5. The Balaban J connectivity index is 2.63. The monoisotopic (exact) mass is 264 g/mol. The first kappa shape index (κ1) is 15.2. The highest BCUT2D eigenvalue weighted by atomic mass is 16.5. The average molecular weight is 264 g/mol. The van der Waals surface area contributed by atoms with Crippen LogP contribution in [0.2, 0.25) is 0 Å². The Bertz CT molecular complexity index is 406. The Morgan fingerprint density at radius 3 is 2.42 bits per heavy atom. The zero-order chi connectivity index (χ0) is 14.1. The van der Waals surface area contributed by atoms with Crippen LogP contribution in [0.25, 0.3) is 0 Å². The molecule has 0 aliphatic rings. The van der Waals surface area contributed by atoms with Crippen molar-refractivity contribution >= 4 is 17.5 Å². The van der Waals surface area contributed by atoms with Crippen LogP contribution in [0.1, 0.15) is 32.6 Å². The third kappa shape index (κ3) is 5.09. The fourth-order valence-corrected chi connectivity index (χ4v) is 1.81. The molecule has 104 valence electrons. The van der Waals surface area contributed by atoms with Crippen molar-refractivity contribution in [2.24, 2.45) is 5.92 Å². The molecule has 2 amide bonds. The van der Waals surface area contributed by atoms with Gasteiger partial charge in [-0.05, 0) is 18.6 Å². The molecule has 19 heavy (non-hydrogen) atoms. The van der Waals surface area contributed by atoms with Gasteiger partial charge in [0.15, 0.2) is 0 Å². The van der Waals surface area contributed by atoms with Gasteiger partial charge in [0.05, 0.1) is 0 Å². The van der Waals surface area contributed by atoms with Gasteiger partial charge < -0.3 is 5.32 Å². The van der Waals surface area contributed by atoms with Gasteiger partial charge in [-0.25, -0.2) is 5.48 Å². The quantitative estimate of drug-likeness (QED) is 0.306. The maximum Gasteiger partial charge on any atom is 0.255 e. The normalized spacial score (nSPS) is 11.7. The fourth-order valence-electron chi connectivity index (χ4n) is 1.81. The number of rotatable bonds is 7. The van der Waals surface area contributed by atoms with E-state index < -0.39 is 17.7 Å². The molecule has 0 heterocycles. The predicted octanol–water partition coefficient (Wildman–Crippen LogP) is 2.33.